The fraction of sp³-hybridized carbons (Fsp3) is 0.333. The van der Waals surface area contributed by atoms with Crippen LogP contribution < -0.4 is 10.2 Å². The lowest BCUT2D eigenvalue weighted by Gasteiger charge is -2.33. The molecule has 38 heavy (non-hydrogen) atoms. The van der Waals surface area contributed by atoms with Gasteiger partial charge in [-0.05, 0) is 37.7 Å². The summed E-state index contributed by atoms with van der Waals surface area (Å²) >= 11 is 0. The number of likely N-dealkylation sites (N-methyl/N-ethyl adjacent to an activating group) is 1. The minimum atomic E-state index is -0.0132. The zero-order valence-corrected chi connectivity index (χ0v) is 21.5. The lowest BCUT2D eigenvalue weighted by molar-refractivity contribution is -0.116. The van der Waals surface area contributed by atoms with Crippen LogP contribution in [-0.4, -0.2) is 79.2 Å². The van der Waals surface area contributed by atoms with Gasteiger partial charge in [0, 0.05) is 50.6 Å². The number of anilines is 2. The molecule has 0 radical (unpaired) electrons. The summed E-state index contributed by atoms with van der Waals surface area (Å²) < 4.78 is 0. The highest BCUT2D eigenvalue weighted by molar-refractivity contribution is 5.94. The van der Waals surface area contributed by atoms with Gasteiger partial charge in [0.1, 0.15) is 11.0 Å². The number of aromatic amines is 2. The molecule has 0 atom stereocenters. The Morgan fingerprint density at radius 2 is 1.95 bits per heavy atom. The van der Waals surface area contributed by atoms with Crippen molar-refractivity contribution in [3.63, 3.8) is 0 Å². The Hall–Kier alpha value is -4.38. The lowest BCUT2D eigenvalue weighted by atomic mass is 10.1. The average Bonchev–Trinajstić information content (AvgIpc) is 3.56. The Morgan fingerprint density at radius 3 is 2.79 bits per heavy atom. The highest BCUT2D eigenvalue weighted by Crippen LogP contribution is 2.31. The zero-order valence-electron chi connectivity index (χ0n) is 21.5. The van der Waals surface area contributed by atoms with E-state index in [2.05, 4.69) is 54.2 Å². The maximum absolute atomic E-state index is 12.2. The number of aromatic nitrogens is 7. The fourth-order valence-electron chi connectivity index (χ4n) is 4.75. The highest BCUT2D eigenvalue weighted by atomic mass is 16.1. The van der Waals surface area contributed by atoms with Gasteiger partial charge in [0.2, 0.25) is 5.91 Å². The molecule has 0 aliphatic carbocycles. The summed E-state index contributed by atoms with van der Waals surface area (Å²) in [5.41, 5.74) is 6.92. The predicted molar refractivity (Wildman–Crippen MR) is 148 cm³/mol. The summed E-state index contributed by atoms with van der Waals surface area (Å²) in [4.78, 5) is 38.9. The summed E-state index contributed by atoms with van der Waals surface area (Å²) in [5.74, 6) is 0.598. The van der Waals surface area contributed by atoms with E-state index in [1.807, 2.05) is 30.5 Å². The van der Waals surface area contributed by atoms with Crippen LogP contribution >= 0.6 is 0 Å². The van der Waals surface area contributed by atoms with Gasteiger partial charge < -0.3 is 20.1 Å². The summed E-state index contributed by atoms with van der Waals surface area (Å²) in [6, 6.07) is 7.77. The van der Waals surface area contributed by atoms with Crippen molar-refractivity contribution in [2.75, 3.05) is 43.4 Å². The quantitative estimate of drug-likeness (QED) is 0.301. The van der Waals surface area contributed by atoms with Crippen molar-refractivity contribution in [2.24, 2.45) is 0 Å². The van der Waals surface area contributed by atoms with Gasteiger partial charge in [0.15, 0.2) is 17.2 Å². The van der Waals surface area contributed by atoms with Crippen LogP contribution in [0.15, 0.2) is 42.9 Å². The normalized spacial score (nSPS) is 14.4. The topological polar surface area (TPSA) is 132 Å². The second-order valence-corrected chi connectivity index (χ2v) is 9.68. The third kappa shape index (κ3) is 4.68. The average molecular weight is 511 g/mol. The molecule has 6 heterocycles. The van der Waals surface area contributed by atoms with E-state index >= 15 is 0 Å². The van der Waals surface area contributed by atoms with Crippen molar-refractivity contribution < 1.29 is 4.79 Å². The highest BCUT2D eigenvalue weighted by Gasteiger charge is 2.21. The molecule has 0 bridgehead atoms. The molecule has 0 spiro atoms. The number of rotatable bonds is 7. The molecule has 1 fully saturated rings. The van der Waals surface area contributed by atoms with Crippen molar-refractivity contribution >= 4 is 39.5 Å². The monoisotopic (exact) mass is 510 g/mol. The zero-order chi connectivity index (χ0) is 26.1. The van der Waals surface area contributed by atoms with E-state index in [4.69, 9.17) is 9.97 Å². The van der Waals surface area contributed by atoms with Gasteiger partial charge in [0.25, 0.3) is 0 Å². The maximum atomic E-state index is 12.2. The van der Waals surface area contributed by atoms with Gasteiger partial charge in [-0.1, -0.05) is 13.3 Å². The Morgan fingerprint density at radius 1 is 1.08 bits per heavy atom. The number of carbonyl (C=O) groups is 1. The van der Waals surface area contributed by atoms with E-state index in [1.54, 1.807) is 12.4 Å². The SMILES string of the molecule is CCCCC(=O)Nc1cncc(-c2ccc3[nH]nc(-c4nc5c(N6CCN(C)CC6)ccnc5[nH]4)c3n2)c1. The fourth-order valence-corrected chi connectivity index (χ4v) is 4.75. The van der Waals surface area contributed by atoms with Crippen LogP contribution in [0, 0.1) is 0 Å². The number of piperazine rings is 1. The minimum absolute atomic E-state index is 0.0132. The van der Waals surface area contributed by atoms with Gasteiger partial charge in [-0.3, -0.25) is 14.9 Å². The second kappa shape index (κ2) is 10.2. The maximum Gasteiger partial charge on any atom is 0.224 e. The molecule has 0 aromatic carbocycles. The first-order valence-electron chi connectivity index (χ1n) is 13.0. The van der Waals surface area contributed by atoms with Crippen LogP contribution in [0.1, 0.15) is 26.2 Å². The Bertz CT molecular complexity index is 1600. The number of pyridine rings is 3. The molecule has 1 saturated heterocycles. The third-order valence-corrected chi connectivity index (χ3v) is 6.91. The van der Waals surface area contributed by atoms with Crippen LogP contribution in [0.3, 0.4) is 0 Å². The van der Waals surface area contributed by atoms with Crippen molar-refractivity contribution in [1.82, 2.24) is 40.0 Å². The molecule has 194 valence electrons. The molecule has 11 nitrogen and oxygen atoms in total. The number of imidazole rings is 1. The summed E-state index contributed by atoms with van der Waals surface area (Å²) in [6.07, 6.45) is 7.53. The number of hydrogen-bond donors (Lipinski definition) is 3. The van der Waals surface area contributed by atoms with Crippen molar-refractivity contribution in [2.45, 2.75) is 26.2 Å². The molecule has 1 amide bonds. The molecule has 6 rings (SSSR count). The number of amides is 1. The van der Waals surface area contributed by atoms with E-state index in [0.717, 1.165) is 72.6 Å². The Kier molecular flexibility index (Phi) is 6.42. The first-order chi connectivity index (χ1) is 18.6. The molecule has 0 unspecified atom stereocenters. The minimum Gasteiger partial charge on any atom is -0.367 e. The third-order valence-electron chi connectivity index (χ3n) is 6.91. The number of H-pyrrole nitrogens is 2. The molecule has 11 heteroatoms. The number of fused-ring (bicyclic) bond motifs is 2. The molecular weight excluding hydrogens is 480 g/mol. The van der Waals surface area contributed by atoms with Crippen LogP contribution in [0.4, 0.5) is 11.4 Å². The number of nitrogens with one attached hydrogen (secondary N) is 3. The second-order valence-electron chi connectivity index (χ2n) is 9.68. The van der Waals surface area contributed by atoms with Crippen LogP contribution in [0.5, 0.6) is 0 Å². The van der Waals surface area contributed by atoms with E-state index in [-0.39, 0.29) is 5.91 Å². The number of nitrogens with zero attached hydrogens (tertiary/aromatic N) is 7. The van der Waals surface area contributed by atoms with E-state index in [0.29, 0.717) is 29.1 Å². The van der Waals surface area contributed by atoms with Gasteiger partial charge in [-0.15, -0.1) is 0 Å². The summed E-state index contributed by atoms with van der Waals surface area (Å²) in [5, 5.41) is 10.5. The van der Waals surface area contributed by atoms with Gasteiger partial charge in [-0.2, -0.15) is 5.10 Å². The Balaban J connectivity index is 1.33. The van der Waals surface area contributed by atoms with Crippen molar-refractivity contribution in [3.05, 3.63) is 42.9 Å². The van der Waals surface area contributed by atoms with Crippen molar-refractivity contribution in [3.8, 4) is 22.8 Å². The lowest BCUT2D eigenvalue weighted by Crippen LogP contribution is -2.44. The number of unbranched alkanes of at least 4 members (excludes halogenated alkanes) is 1. The van der Waals surface area contributed by atoms with Crippen LogP contribution in [-0.2, 0) is 4.79 Å². The molecule has 1 aliphatic rings. The largest absolute Gasteiger partial charge is 0.367 e. The molecule has 3 N–H and O–H groups in total. The molecule has 1 aliphatic heterocycles. The first-order valence-corrected chi connectivity index (χ1v) is 13.0. The van der Waals surface area contributed by atoms with E-state index in [1.165, 1.54) is 0 Å². The van der Waals surface area contributed by atoms with E-state index < -0.39 is 0 Å². The first kappa shape index (κ1) is 24.0. The standard InChI is InChI=1S/C27H30N10O/c1-3-4-5-22(38)30-18-14-17(15-28-16-18)19-6-7-20-23(31-19)25(35-34-20)27-32-24-21(8-9-29-26(24)33-27)37-12-10-36(2)11-13-37/h6-9,14-16H,3-5,10-13H2,1-2H3,(H,30,38)(H,34,35)(H,29,32,33). The number of hydrogen-bond acceptors (Lipinski definition) is 8. The molecule has 5 aromatic heterocycles. The summed E-state index contributed by atoms with van der Waals surface area (Å²) in [7, 11) is 2.14. The van der Waals surface area contributed by atoms with Gasteiger partial charge in [0.05, 0.1) is 28.8 Å². The smallest absolute Gasteiger partial charge is 0.224 e. The van der Waals surface area contributed by atoms with Gasteiger partial charge >= 0.3 is 0 Å². The molecule has 5 aromatic rings. The van der Waals surface area contributed by atoms with Gasteiger partial charge in [-0.25, -0.2) is 15.0 Å². The number of carbonyl (C=O) groups excluding carboxylic acids is 1. The van der Waals surface area contributed by atoms with E-state index in [9.17, 15) is 4.79 Å². The predicted octanol–water partition coefficient (Wildman–Crippen LogP) is 3.84. The Labute approximate surface area is 219 Å². The molecular formula is C27H30N10O. The molecule has 0 saturated carbocycles. The van der Waals surface area contributed by atoms with Crippen LogP contribution in [0.25, 0.3) is 45.0 Å². The van der Waals surface area contributed by atoms with Crippen molar-refractivity contribution in [1.29, 1.82) is 0 Å². The summed E-state index contributed by atoms with van der Waals surface area (Å²) in [6.45, 7) is 5.97. The van der Waals surface area contributed by atoms with Crippen LogP contribution in [0.2, 0.25) is 0 Å².